The smallest absolute Gasteiger partial charge is 0.326 e. The van der Waals surface area contributed by atoms with Crippen molar-refractivity contribution in [3.63, 3.8) is 0 Å². The molecule has 124 valence electrons. The molecule has 3 N–H and O–H groups in total. The number of carbonyl (C=O) groups is 1. The van der Waals surface area contributed by atoms with E-state index < -0.39 is 22.7 Å². The molecule has 0 unspecified atom stereocenters. The average Bonchev–Trinajstić information content (AvgIpc) is 2.43. The van der Waals surface area contributed by atoms with E-state index in [2.05, 4.69) is 10.6 Å². The van der Waals surface area contributed by atoms with E-state index in [0.29, 0.717) is 12.2 Å². The number of anilines is 1. The number of alkyl halides is 3. The molecule has 0 saturated heterocycles. The topological polar surface area (TPSA) is 87.3 Å². The standard InChI is InChI=1S/C12H16F3N3O3S/c1-16-7-6-11(19)18-9-2-4-10(5-3-9)22(20,21)17-8-12(13,14)15/h2-5,16-17H,6-8H2,1H3,(H,18,19). The second-order valence-corrected chi connectivity index (χ2v) is 6.13. The zero-order valence-electron chi connectivity index (χ0n) is 11.7. The van der Waals surface area contributed by atoms with Gasteiger partial charge in [0, 0.05) is 18.7 Å². The van der Waals surface area contributed by atoms with Crippen LogP contribution in [0, 0.1) is 0 Å². The van der Waals surface area contributed by atoms with Crippen molar-refractivity contribution in [2.45, 2.75) is 17.5 Å². The Morgan fingerprint density at radius 1 is 1.18 bits per heavy atom. The molecule has 10 heteroatoms. The van der Waals surface area contributed by atoms with Crippen LogP contribution >= 0.6 is 0 Å². The van der Waals surface area contributed by atoms with Crippen molar-refractivity contribution < 1.29 is 26.4 Å². The molecule has 0 aliphatic rings. The molecule has 0 saturated carbocycles. The van der Waals surface area contributed by atoms with E-state index in [1.165, 1.54) is 16.9 Å². The molecule has 1 aromatic carbocycles. The summed E-state index contributed by atoms with van der Waals surface area (Å²) in [5, 5.41) is 5.34. The van der Waals surface area contributed by atoms with E-state index in [1.807, 2.05) is 0 Å². The third-order valence-corrected chi connectivity index (χ3v) is 3.93. The highest BCUT2D eigenvalue weighted by Gasteiger charge is 2.29. The van der Waals surface area contributed by atoms with E-state index >= 15 is 0 Å². The molecular formula is C12H16F3N3O3S. The summed E-state index contributed by atoms with van der Waals surface area (Å²) in [5.74, 6) is -0.264. The molecule has 0 aliphatic heterocycles. The molecular weight excluding hydrogens is 323 g/mol. The maximum absolute atomic E-state index is 12.0. The highest BCUT2D eigenvalue weighted by atomic mass is 32.2. The van der Waals surface area contributed by atoms with Crippen LogP contribution in [-0.2, 0) is 14.8 Å². The first kappa shape index (κ1) is 18.4. The Morgan fingerprint density at radius 2 is 1.77 bits per heavy atom. The van der Waals surface area contributed by atoms with Crippen molar-refractivity contribution in [2.24, 2.45) is 0 Å². The lowest BCUT2D eigenvalue weighted by molar-refractivity contribution is -0.121. The maximum atomic E-state index is 12.0. The number of halogens is 3. The van der Waals surface area contributed by atoms with Crippen LogP contribution in [-0.4, -0.2) is 40.6 Å². The summed E-state index contributed by atoms with van der Waals surface area (Å²) in [6.45, 7) is -1.16. The fourth-order valence-corrected chi connectivity index (χ4v) is 2.45. The summed E-state index contributed by atoms with van der Waals surface area (Å²) in [4.78, 5) is 11.1. The Morgan fingerprint density at radius 3 is 2.27 bits per heavy atom. The highest BCUT2D eigenvalue weighted by molar-refractivity contribution is 7.89. The summed E-state index contributed by atoms with van der Waals surface area (Å²) in [6, 6.07) is 4.84. The van der Waals surface area contributed by atoms with Crippen LogP contribution in [0.3, 0.4) is 0 Å². The van der Waals surface area contributed by atoms with Gasteiger partial charge in [0.25, 0.3) is 0 Å². The molecule has 0 radical (unpaired) electrons. The summed E-state index contributed by atoms with van der Waals surface area (Å²) < 4.78 is 60.8. The Balaban J connectivity index is 2.69. The van der Waals surface area contributed by atoms with E-state index in [9.17, 15) is 26.4 Å². The third kappa shape index (κ3) is 6.41. The second-order valence-electron chi connectivity index (χ2n) is 4.37. The second kappa shape index (κ2) is 7.56. The lowest BCUT2D eigenvalue weighted by atomic mass is 10.3. The van der Waals surface area contributed by atoms with Crippen LogP contribution in [0.4, 0.5) is 18.9 Å². The van der Waals surface area contributed by atoms with Crippen LogP contribution in [0.5, 0.6) is 0 Å². The average molecular weight is 339 g/mol. The van der Waals surface area contributed by atoms with Gasteiger partial charge in [-0.3, -0.25) is 4.79 Å². The van der Waals surface area contributed by atoms with E-state index in [4.69, 9.17) is 0 Å². The zero-order chi connectivity index (χ0) is 16.8. The molecule has 0 heterocycles. The van der Waals surface area contributed by atoms with Crippen molar-refractivity contribution >= 4 is 21.6 Å². The highest BCUT2D eigenvalue weighted by Crippen LogP contribution is 2.17. The van der Waals surface area contributed by atoms with E-state index in [-0.39, 0.29) is 17.2 Å². The fraction of sp³-hybridized carbons (Fsp3) is 0.417. The fourth-order valence-electron chi connectivity index (χ4n) is 1.44. The van der Waals surface area contributed by atoms with Crippen LogP contribution in [0.1, 0.15) is 6.42 Å². The summed E-state index contributed by atoms with van der Waals surface area (Å²) in [5.41, 5.74) is 0.357. The molecule has 22 heavy (non-hydrogen) atoms. The Hall–Kier alpha value is -1.65. The van der Waals surface area contributed by atoms with Gasteiger partial charge in [0.1, 0.15) is 6.54 Å². The van der Waals surface area contributed by atoms with Crippen LogP contribution in [0.2, 0.25) is 0 Å². The number of hydrogen-bond acceptors (Lipinski definition) is 4. The molecule has 0 aliphatic carbocycles. The van der Waals surface area contributed by atoms with Gasteiger partial charge in [-0.15, -0.1) is 0 Å². The van der Waals surface area contributed by atoms with E-state index in [1.54, 1.807) is 7.05 Å². The van der Waals surface area contributed by atoms with Gasteiger partial charge < -0.3 is 10.6 Å². The van der Waals surface area contributed by atoms with Gasteiger partial charge in [0.05, 0.1) is 4.90 Å². The molecule has 0 fully saturated rings. The summed E-state index contributed by atoms with van der Waals surface area (Å²) >= 11 is 0. The predicted molar refractivity (Wildman–Crippen MR) is 74.9 cm³/mol. The third-order valence-electron chi connectivity index (χ3n) is 2.51. The first-order chi connectivity index (χ1) is 10.1. The van der Waals surface area contributed by atoms with Gasteiger partial charge in [-0.05, 0) is 31.3 Å². The predicted octanol–water partition coefficient (Wildman–Crippen LogP) is 1.08. The number of rotatable bonds is 7. The normalized spacial score (nSPS) is 12.2. The zero-order valence-corrected chi connectivity index (χ0v) is 12.5. The summed E-state index contributed by atoms with van der Waals surface area (Å²) in [6.07, 6.45) is -4.39. The molecule has 1 aromatic rings. The van der Waals surface area contributed by atoms with Gasteiger partial charge in [-0.25, -0.2) is 13.1 Å². The van der Waals surface area contributed by atoms with Crippen molar-refractivity contribution in [1.29, 1.82) is 0 Å². The molecule has 0 spiro atoms. The largest absolute Gasteiger partial charge is 0.402 e. The SMILES string of the molecule is CNCCC(=O)Nc1ccc(S(=O)(=O)NCC(F)(F)F)cc1. The van der Waals surface area contributed by atoms with Crippen molar-refractivity contribution in [2.75, 3.05) is 25.5 Å². The number of sulfonamides is 1. The van der Waals surface area contributed by atoms with Crippen LogP contribution < -0.4 is 15.4 Å². The lowest BCUT2D eigenvalue weighted by Crippen LogP contribution is -2.33. The minimum absolute atomic E-state index is 0.240. The van der Waals surface area contributed by atoms with Crippen LogP contribution in [0.25, 0.3) is 0 Å². The van der Waals surface area contributed by atoms with Gasteiger partial charge in [-0.1, -0.05) is 0 Å². The molecule has 0 aromatic heterocycles. The molecule has 6 nitrogen and oxygen atoms in total. The monoisotopic (exact) mass is 339 g/mol. The first-order valence-corrected chi connectivity index (χ1v) is 7.73. The molecule has 1 amide bonds. The van der Waals surface area contributed by atoms with Crippen molar-refractivity contribution in [3.8, 4) is 0 Å². The summed E-state index contributed by atoms with van der Waals surface area (Å²) in [7, 11) is -2.55. The van der Waals surface area contributed by atoms with Gasteiger partial charge in [0.15, 0.2) is 0 Å². The van der Waals surface area contributed by atoms with Crippen molar-refractivity contribution in [3.05, 3.63) is 24.3 Å². The lowest BCUT2D eigenvalue weighted by Gasteiger charge is -2.10. The van der Waals surface area contributed by atoms with Gasteiger partial charge >= 0.3 is 6.18 Å². The Kier molecular flexibility index (Phi) is 6.33. The minimum Gasteiger partial charge on any atom is -0.326 e. The van der Waals surface area contributed by atoms with Crippen molar-refractivity contribution in [1.82, 2.24) is 10.0 Å². The minimum atomic E-state index is -4.63. The van der Waals surface area contributed by atoms with Gasteiger partial charge in [-0.2, -0.15) is 13.2 Å². The van der Waals surface area contributed by atoms with Crippen LogP contribution in [0.15, 0.2) is 29.2 Å². The quantitative estimate of drug-likeness (QED) is 0.694. The number of amides is 1. The molecule has 0 bridgehead atoms. The number of benzene rings is 1. The number of carbonyl (C=O) groups excluding carboxylic acids is 1. The molecule has 1 rings (SSSR count). The number of hydrogen-bond donors (Lipinski definition) is 3. The molecule has 0 atom stereocenters. The number of nitrogens with one attached hydrogen (secondary N) is 3. The Labute approximate surface area is 126 Å². The maximum Gasteiger partial charge on any atom is 0.402 e. The Bertz CT molecular complexity index is 600. The van der Waals surface area contributed by atoms with Gasteiger partial charge in [0.2, 0.25) is 15.9 Å². The van der Waals surface area contributed by atoms with E-state index in [0.717, 1.165) is 12.1 Å². The first-order valence-electron chi connectivity index (χ1n) is 6.25.